The average Bonchev–Trinajstić information content (AvgIpc) is 2.80. The van der Waals surface area contributed by atoms with E-state index in [4.69, 9.17) is 4.74 Å². The molecule has 0 aromatic heterocycles. The Balaban J connectivity index is 1.53. The molecule has 0 radical (unpaired) electrons. The highest BCUT2D eigenvalue weighted by atomic mass is 16.5. The highest BCUT2D eigenvalue weighted by Gasteiger charge is 2.51. The molecule has 3 atom stereocenters. The fourth-order valence-electron chi connectivity index (χ4n) is 4.31. The zero-order chi connectivity index (χ0) is 21.8. The van der Waals surface area contributed by atoms with Gasteiger partial charge in [-0.25, -0.2) is 0 Å². The third-order valence-corrected chi connectivity index (χ3v) is 5.92. The van der Waals surface area contributed by atoms with Gasteiger partial charge in [-0.05, 0) is 34.4 Å². The van der Waals surface area contributed by atoms with Crippen LogP contribution < -0.4 is 4.74 Å². The fraction of sp³-hybridized carbons (Fsp3) is 0.231. The summed E-state index contributed by atoms with van der Waals surface area (Å²) >= 11 is 0. The molecule has 3 aromatic rings. The molecule has 0 bridgehead atoms. The first-order valence-corrected chi connectivity index (χ1v) is 10.3. The van der Waals surface area contributed by atoms with Crippen molar-refractivity contribution in [2.75, 3.05) is 13.7 Å². The molecule has 0 saturated carbocycles. The Morgan fingerprint density at radius 1 is 1.03 bits per heavy atom. The number of aliphatic hydroxyl groups excluding tert-OH is 1. The minimum Gasteiger partial charge on any atom is -0.497 e. The average molecular weight is 412 g/mol. The highest BCUT2D eigenvalue weighted by Crippen LogP contribution is 2.41. The van der Waals surface area contributed by atoms with Gasteiger partial charge in [0, 0.05) is 5.92 Å². The molecule has 156 valence electrons. The molecule has 5 heteroatoms. The third kappa shape index (κ3) is 4.03. The predicted octanol–water partition coefficient (Wildman–Crippen LogP) is 3.78. The molecule has 4 rings (SSSR count). The van der Waals surface area contributed by atoms with Crippen molar-refractivity contribution in [3.63, 3.8) is 0 Å². The maximum absolute atomic E-state index is 12.9. The summed E-state index contributed by atoms with van der Waals surface area (Å²) in [7, 11) is 1.64. The summed E-state index contributed by atoms with van der Waals surface area (Å²) < 4.78 is 5.30. The number of amides is 1. The van der Waals surface area contributed by atoms with Gasteiger partial charge in [0.2, 0.25) is 5.91 Å². The van der Waals surface area contributed by atoms with E-state index >= 15 is 0 Å². The van der Waals surface area contributed by atoms with Gasteiger partial charge in [0.25, 0.3) is 0 Å². The van der Waals surface area contributed by atoms with Gasteiger partial charge in [-0.1, -0.05) is 66.7 Å². The Bertz CT molecular complexity index is 1090. The maximum atomic E-state index is 12.9. The summed E-state index contributed by atoms with van der Waals surface area (Å²) in [6, 6.07) is 26.5. The van der Waals surface area contributed by atoms with E-state index in [-0.39, 0.29) is 24.9 Å². The number of ether oxygens (including phenoxy) is 1. The number of hydrogen-bond donors (Lipinski definition) is 1. The van der Waals surface area contributed by atoms with Crippen LogP contribution in [0, 0.1) is 11.3 Å². The number of rotatable bonds is 6. The van der Waals surface area contributed by atoms with Crippen LogP contribution in [-0.2, 0) is 11.2 Å². The molecule has 1 heterocycles. The van der Waals surface area contributed by atoms with Crippen molar-refractivity contribution in [3.8, 4) is 22.9 Å². The van der Waals surface area contributed by atoms with Crippen LogP contribution in [0.5, 0.6) is 5.75 Å². The van der Waals surface area contributed by atoms with Crippen LogP contribution in [0.25, 0.3) is 11.1 Å². The van der Waals surface area contributed by atoms with E-state index in [1.165, 1.54) is 4.90 Å². The smallest absolute Gasteiger partial charge is 0.228 e. The Morgan fingerprint density at radius 2 is 1.77 bits per heavy atom. The number of carbonyl (C=O) groups excluding carboxylic acids is 1. The van der Waals surface area contributed by atoms with E-state index < -0.39 is 12.1 Å². The summed E-state index contributed by atoms with van der Waals surface area (Å²) in [5, 5.41) is 19.8. The van der Waals surface area contributed by atoms with Gasteiger partial charge in [-0.3, -0.25) is 4.79 Å². The van der Waals surface area contributed by atoms with Crippen molar-refractivity contribution in [1.29, 1.82) is 5.26 Å². The van der Waals surface area contributed by atoms with E-state index in [1.807, 2.05) is 78.9 Å². The Hall–Kier alpha value is -3.62. The normalized spacial score (nSPS) is 19.9. The van der Waals surface area contributed by atoms with Crippen LogP contribution in [0.3, 0.4) is 0 Å². The lowest BCUT2D eigenvalue weighted by Gasteiger charge is -2.51. The van der Waals surface area contributed by atoms with E-state index in [0.29, 0.717) is 0 Å². The standard InChI is InChI=1S/C26H24N2O3/c1-31-22-9-5-8-21(15-22)19-10-12-20(13-11-19)26-23(16-27)28(24(26)17-29)25(30)14-18-6-3-2-4-7-18/h2-13,15,23-24,26,29H,14,17H2,1H3/t23-,24-,26+/m1/s1. The van der Waals surface area contributed by atoms with Crippen LogP contribution in [-0.4, -0.2) is 41.7 Å². The number of aliphatic hydroxyl groups is 1. The molecule has 5 nitrogen and oxygen atoms in total. The third-order valence-electron chi connectivity index (χ3n) is 5.92. The first-order chi connectivity index (χ1) is 15.2. The molecule has 3 aromatic carbocycles. The second-order valence-corrected chi connectivity index (χ2v) is 7.67. The lowest BCUT2D eigenvalue weighted by atomic mass is 9.75. The van der Waals surface area contributed by atoms with Crippen molar-refractivity contribution in [1.82, 2.24) is 4.90 Å². The van der Waals surface area contributed by atoms with E-state index in [9.17, 15) is 15.2 Å². The quantitative estimate of drug-likeness (QED) is 0.669. The Morgan fingerprint density at radius 3 is 2.42 bits per heavy atom. The van der Waals surface area contributed by atoms with Crippen LogP contribution in [0.15, 0.2) is 78.9 Å². The molecule has 0 spiro atoms. The Labute approximate surface area is 182 Å². The lowest BCUT2D eigenvalue weighted by Crippen LogP contribution is -2.65. The van der Waals surface area contributed by atoms with Crippen LogP contribution >= 0.6 is 0 Å². The summed E-state index contributed by atoms with van der Waals surface area (Å²) in [5.41, 5.74) is 3.91. The van der Waals surface area contributed by atoms with Crippen molar-refractivity contribution in [2.24, 2.45) is 0 Å². The van der Waals surface area contributed by atoms with Gasteiger partial charge in [-0.15, -0.1) is 0 Å². The SMILES string of the molecule is COc1cccc(-c2ccc([C@H]3[C@@H](C#N)N(C(=O)Cc4ccccc4)[C@@H]3CO)cc2)c1. The molecule has 1 aliphatic heterocycles. The summed E-state index contributed by atoms with van der Waals surface area (Å²) in [5.74, 6) is 0.438. The fourth-order valence-corrected chi connectivity index (χ4v) is 4.31. The van der Waals surface area contributed by atoms with Gasteiger partial charge in [0.05, 0.1) is 32.2 Å². The zero-order valence-corrected chi connectivity index (χ0v) is 17.3. The number of nitriles is 1. The number of likely N-dealkylation sites (tertiary alicyclic amines) is 1. The van der Waals surface area contributed by atoms with Gasteiger partial charge in [0.15, 0.2) is 0 Å². The maximum Gasteiger partial charge on any atom is 0.228 e. The summed E-state index contributed by atoms with van der Waals surface area (Å²) in [4.78, 5) is 14.4. The molecule has 1 aliphatic rings. The summed E-state index contributed by atoms with van der Waals surface area (Å²) in [6.45, 7) is -0.180. The van der Waals surface area contributed by atoms with Gasteiger partial charge in [-0.2, -0.15) is 5.26 Å². The number of nitrogens with zero attached hydrogens (tertiary/aromatic N) is 2. The molecule has 0 unspecified atom stereocenters. The summed E-state index contributed by atoms with van der Waals surface area (Å²) in [6.07, 6.45) is 0.219. The van der Waals surface area contributed by atoms with Crippen molar-refractivity contribution < 1.29 is 14.6 Å². The lowest BCUT2D eigenvalue weighted by molar-refractivity contribution is -0.146. The second kappa shape index (κ2) is 9.03. The largest absolute Gasteiger partial charge is 0.497 e. The Kier molecular flexibility index (Phi) is 6.01. The van der Waals surface area contributed by atoms with Gasteiger partial charge in [0.1, 0.15) is 11.8 Å². The molecule has 1 N–H and O–H groups in total. The van der Waals surface area contributed by atoms with Crippen LogP contribution in [0.2, 0.25) is 0 Å². The molecule has 31 heavy (non-hydrogen) atoms. The first kappa shape index (κ1) is 20.6. The first-order valence-electron chi connectivity index (χ1n) is 10.3. The van der Waals surface area contributed by atoms with Crippen LogP contribution in [0.4, 0.5) is 0 Å². The number of benzene rings is 3. The minimum absolute atomic E-state index is 0.138. The van der Waals surface area contributed by atoms with Gasteiger partial charge < -0.3 is 14.7 Å². The van der Waals surface area contributed by atoms with Crippen molar-refractivity contribution in [2.45, 2.75) is 24.4 Å². The zero-order valence-electron chi connectivity index (χ0n) is 17.3. The van der Waals surface area contributed by atoms with E-state index in [2.05, 4.69) is 6.07 Å². The predicted molar refractivity (Wildman–Crippen MR) is 118 cm³/mol. The topological polar surface area (TPSA) is 73.6 Å². The molecule has 1 amide bonds. The van der Waals surface area contributed by atoms with Crippen molar-refractivity contribution in [3.05, 3.63) is 90.0 Å². The molecule has 1 fully saturated rings. The van der Waals surface area contributed by atoms with Crippen LogP contribution in [0.1, 0.15) is 17.0 Å². The van der Waals surface area contributed by atoms with E-state index in [1.54, 1.807) is 7.11 Å². The monoisotopic (exact) mass is 412 g/mol. The van der Waals surface area contributed by atoms with Crippen molar-refractivity contribution >= 4 is 5.91 Å². The highest BCUT2D eigenvalue weighted by molar-refractivity contribution is 5.81. The molecule has 1 saturated heterocycles. The number of methoxy groups -OCH3 is 1. The number of hydrogen-bond acceptors (Lipinski definition) is 4. The molecule has 0 aliphatic carbocycles. The van der Waals surface area contributed by atoms with E-state index in [0.717, 1.165) is 28.0 Å². The molecular formula is C26H24N2O3. The minimum atomic E-state index is -0.587. The number of carbonyl (C=O) groups is 1. The molecular weight excluding hydrogens is 388 g/mol. The van der Waals surface area contributed by atoms with Gasteiger partial charge >= 0.3 is 0 Å². The second-order valence-electron chi connectivity index (χ2n) is 7.67.